The number of imide groups is 1. The number of carbonyl (C=O) groups is 2. The second-order valence-corrected chi connectivity index (χ2v) is 7.75. The first-order valence-corrected chi connectivity index (χ1v) is 10.9. The molecule has 0 aromatic carbocycles. The van der Waals surface area contributed by atoms with Gasteiger partial charge in [0.1, 0.15) is 6.54 Å². The van der Waals surface area contributed by atoms with Gasteiger partial charge in [-0.25, -0.2) is 4.79 Å². The van der Waals surface area contributed by atoms with Crippen molar-refractivity contribution in [2.75, 3.05) is 13.1 Å². The van der Waals surface area contributed by atoms with Gasteiger partial charge >= 0.3 is 6.03 Å². The van der Waals surface area contributed by atoms with Gasteiger partial charge < -0.3 is 10.0 Å². The quantitative estimate of drug-likeness (QED) is 0.287. The molecule has 1 heterocycles. The van der Waals surface area contributed by atoms with Gasteiger partial charge in [0.25, 0.3) is 0 Å². The van der Waals surface area contributed by atoms with Gasteiger partial charge in [0.05, 0.1) is 6.10 Å². The predicted molar refractivity (Wildman–Crippen MR) is 106 cm³/mol. The van der Waals surface area contributed by atoms with Gasteiger partial charge in [-0.2, -0.15) is 0 Å². The Morgan fingerprint density at radius 1 is 0.846 bits per heavy atom. The van der Waals surface area contributed by atoms with Gasteiger partial charge in [0, 0.05) is 6.54 Å². The number of aliphatic hydroxyl groups excluding tert-OH is 1. The number of aliphatic hydroxyl groups is 1. The molecule has 1 unspecified atom stereocenters. The third-order valence-electron chi connectivity index (χ3n) is 5.22. The highest BCUT2D eigenvalue weighted by Gasteiger charge is 2.25. The number of carbonyl (C=O) groups excluding carboxylic acids is 2. The van der Waals surface area contributed by atoms with Crippen molar-refractivity contribution in [1.29, 1.82) is 0 Å². The van der Waals surface area contributed by atoms with Crippen LogP contribution >= 0.6 is 0 Å². The molecular weight excluding hydrogens is 328 g/mol. The molecule has 1 atom stereocenters. The number of nitrogens with zero attached hydrogens (tertiary/aromatic N) is 1. The molecule has 5 nitrogen and oxygen atoms in total. The molecule has 1 fully saturated rings. The van der Waals surface area contributed by atoms with E-state index in [1.54, 1.807) is 4.90 Å². The van der Waals surface area contributed by atoms with Crippen molar-refractivity contribution in [1.82, 2.24) is 10.2 Å². The summed E-state index contributed by atoms with van der Waals surface area (Å²) in [6, 6.07) is -0.281. The zero-order chi connectivity index (χ0) is 19.0. The van der Waals surface area contributed by atoms with E-state index in [-0.39, 0.29) is 24.6 Å². The van der Waals surface area contributed by atoms with Crippen LogP contribution in [0.15, 0.2) is 0 Å². The molecule has 1 aliphatic heterocycles. The summed E-state index contributed by atoms with van der Waals surface area (Å²) in [5.41, 5.74) is 0. The first-order valence-electron chi connectivity index (χ1n) is 10.9. The summed E-state index contributed by atoms with van der Waals surface area (Å²) >= 11 is 0. The maximum Gasteiger partial charge on any atom is 0.324 e. The van der Waals surface area contributed by atoms with Crippen LogP contribution in [0.2, 0.25) is 0 Å². The summed E-state index contributed by atoms with van der Waals surface area (Å²) in [6.45, 7) is 3.04. The van der Waals surface area contributed by atoms with Crippen LogP contribution in [0.4, 0.5) is 4.79 Å². The largest absolute Gasteiger partial charge is 0.393 e. The molecule has 0 aromatic heterocycles. The summed E-state index contributed by atoms with van der Waals surface area (Å²) in [5.74, 6) is -0.216. The van der Waals surface area contributed by atoms with Crippen LogP contribution in [0.25, 0.3) is 0 Å². The molecule has 0 bridgehead atoms. The van der Waals surface area contributed by atoms with Crippen LogP contribution in [-0.2, 0) is 4.79 Å². The summed E-state index contributed by atoms with van der Waals surface area (Å²) in [5, 5.41) is 12.3. The molecule has 0 aromatic rings. The minimum absolute atomic E-state index is 0.181. The zero-order valence-electron chi connectivity index (χ0n) is 16.8. The minimum Gasteiger partial charge on any atom is -0.393 e. The minimum atomic E-state index is -0.281. The summed E-state index contributed by atoms with van der Waals surface area (Å²) in [4.78, 5) is 24.0. The van der Waals surface area contributed by atoms with Crippen molar-refractivity contribution in [2.24, 2.45) is 0 Å². The van der Waals surface area contributed by atoms with Gasteiger partial charge in [-0.15, -0.1) is 0 Å². The Morgan fingerprint density at radius 2 is 1.35 bits per heavy atom. The van der Waals surface area contributed by atoms with Crippen molar-refractivity contribution in [3.63, 3.8) is 0 Å². The number of unbranched alkanes of at least 4 members (excludes halogenated alkanes) is 11. The van der Waals surface area contributed by atoms with E-state index in [0.717, 1.165) is 32.1 Å². The van der Waals surface area contributed by atoms with Crippen LogP contribution in [0.3, 0.4) is 0 Å². The van der Waals surface area contributed by atoms with Crippen LogP contribution < -0.4 is 5.32 Å². The molecule has 0 radical (unpaired) electrons. The smallest absolute Gasteiger partial charge is 0.324 e. The number of hydrogen-bond acceptors (Lipinski definition) is 3. The lowest BCUT2D eigenvalue weighted by Crippen LogP contribution is -2.29. The van der Waals surface area contributed by atoms with Crippen molar-refractivity contribution >= 4 is 11.9 Å². The monoisotopic (exact) mass is 368 g/mol. The zero-order valence-corrected chi connectivity index (χ0v) is 16.8. The van der Waals surface area contributed by atoms with Crippen LogP contribution in [0, 0.1) is 0 Å². The fourth-order valence-corrected chi connectivity index (χ4v) is 3.53. The van der Waals surface area contributed by atoms with Crippen molar-refractivity contribution < 1.29 is 14.7 Å². The maximum atomic E-state index is 11.4. The Morgan fingerprint density at radius 3 is 1.85 bits per heavy atom. The second kappa shape index (κ2) is 15.0. The lowest BCUT2D eigenvalue weighted by Gasteiger charge is -2.14. The number of amides is 3. The predicted octanol–water partition coefficient (Wildman–Crippen LogP) is 4.77. The van der Waals surface area contributed by atoms with Crippen LogP contribution in [-0.4, -0.2) is 41.1 Å². The van der Waals surface area contributed by atoms with Crippen LogP contribution in [0.5, 0.6) is 0 Å². The fourth-order valence-electron chi connectivity index (χ4n) is 3.53. The molecule has 26 heavy (non-hydrogen) atoms. The Hall–Kier alpha value is -1.10. The van der Waals surface area contributed by atoms with E-state index < -0.39 is 0 Å². The van der Waals surface area contributed by atoms with Crippen molar-refractivity contribution in [2.45, 2.75) is 109 Å². The van der Waals surface area contributed by atoms with Gasteiger partial charge in [-0.1, -0.05) is 77.6 Å². The van der Waals surface area contributed by atoms with Gasteiger partial charge in [-0.3, -0.25) is 10.1 Å². The van der Waals surface area contributed by atoms with Gasteiger partial charge in [0.15, 0.2) is 0 Å². The molecule has 0 saturated carbocycles. The van der Waals surface area contributed by atoms with E-state index in [1.165, 1.54) is 64.2 Å². The normalized spacial score (nSPS) is 15.5. The van der Waals surface area contributed by atoms with E-state index in [9.17, 15) is 14.7 Å². The molecule has 3 amide bonds. The molecule has 1 rings (SSSR count). The van der Waals surface area contributed by atoms with Crippen molar-refractivity contribution in [3.05, 3.63) is 0 Å². The molecule has 152 valence electrons. The molecule has 0 aliphatic carbocycles. The highest BCUT2D eigenvalue weighted by Crippen LogP contribution is 2.14. The standard InChI is InChI=1S/C21H40N2O3/c1-2-3-4-5-6-7-8-9-10-11-12-15-19(24)16-13-14-17-23-18-20(25)22-21(23)26/h19,24H,2-18H2,1H3,(H,22,25,26). The molecule has 5 heteroatoms. The van der Waals surface area contributed by atoms with Gasteiger partial charge in [-0.05, 0) is 25.7 Å². The summed E-state index contributed by atoms with van der Waals surface area (Å²) in [6.07, 6.45) is 17.8. The third kappa shape index (κ3) is 11.5. The Bertz CT molecular complexity index is 387. The third-order valence-corrected chi connectivity index (χ3v) is 5.22. The fraction of sp³-hybridized carbons (Fsp3) is 0.905. The van der Waals surface area contributed by atoms with Crippen LogP contribution in [0.1, 0.15) is 103 Å². The highest BCUT2D eigenvalue weighted by molar-refractivity contribution is 6.01. The Kier molecular flexibility index (Phi) is 13.2. The first-order chi connectivity index (χ1) is 12.6. The second-order valence-electron chi connectivity index (χ2n) is 7.75. The molecular formula is C21H40N2O3. The Balaban J connectivity index is 1.82. The Labute approximate surface area is 159 Å². The SMILES string of the molecule is CCCCCCCCCCCCCC(O)CCCCN1CC(=O)NC1=O. The van der Waals surface area contributed by atoms with E-state index in [4.69, 9.17) is 0 Å². The molecule has 2 N–H and O–H groups in total. The lowest BCUT2D eigenvalue weighted by atomic mass is 10.0. The van der Waals surface area contributed by atoms with E-state index in [1.807, 2.05) is 0 Å². The van der Waals surface area contributed by atoms with Gasteiger partial charge in [0.2, 0.25) is 5.91 Å². The first kappa shape index (κ1) is 22.9. The molecule has 0 spiro atoms. The van der Waals surface area contributed by atoms with E-state index in [0.29, 0.717) is 6.54 Å². The highest BCUT2D eigenvalue weighted by atomic mass is 16.3. The molecule has 1 saturated heterocycles. The summed E-state index contributed by atoms with van der Waals surface area (Å²) < 4.78 is 0. The number of hydrogen-bond donors (Lipinski definition) is 2. The van der Waals surface area contributed by atoms with E-state index >= 15 is 0 Å². The average molecular weight is 369 g/mol. The number of nitrogens with one attached hydrogen (secondary N) is 1. The summed E-state index contributed by atoms with van der Waals surface area (Å²) in [7, 11) is 0. The van der Waals surface area contributed by atoms with E-state index in [2.05, 4.69) is 12.2 Å². The van der Waals surface area contributed by atoms with Crippen molar-refractivity contribution in [3.8, 4) is 0 Å². The number of rotatable bonds is 17. The average Bonchev–Trinajstić information content (AvgIpc) is 2.94. The topological polar surface area (TPSA) is 69.6 Å². The number of urea groups is 1. The maximum absolute atomic E-state index is 11.4. The molecule has 1 aliphatic rings. The lowest BCUT2D eigenvalue weighted by molar-refractivity contribution is -0.118.